The number of anilines is 1. The zero-order chi connectivity index (χ0) is 19.0. The number of hydrogen-bond donors (Lipinski definition) is 1. The van der Waals surface area contributed by atoms with Crippen molar-refractivity contribution in [3.05, 3.63) is 53.8 Å². The molecule has 1 N–H and O–H groups in total. The number of β-amino-alcohol motifs (C(OH)–C–C–N with tert-alkyl or cyclic N) is 1. The molecule has 5 nitrogen and oxygen atoms in total. The van der Waals surface area contributed by atoms with E-state index in [1.165, 1.54) is 12.1 Å². The molecule has 0 unspecified atom stereocenters. The summed E-state index contributed by atoms with van der Waals surface area (Å²) in [5.74, 6) is 2.09. The zero-order valence-corrected chi connectivity index (χ0v) is 16.1. The number of amidine groups is 1. The monoisotopic (exact) mass is 389 g/mol. The van der Waals surface area contributed by atoms with Crippen molar-refractivity contribution in [2.45, 2.75) is 12.1 Å². The lowest BCUT2D eigenvalue weighted by Crippen LogP contribution is -2.41. The second kappa shape index (κ2) is 7.05. The minimum Gasteiger partial charge on any atom is -0.497 e. The van der Waals surface area contributed by atoms with Gasteiger partial charge in [-0.2, -0.15) is 0 Å². The van der Waals surface area contributed by atoms with Crippen LogP contribution in [0.5, 0.6) is 11.5 Å². The summed E-state index contributed by atoms with van der Waals surface area (Å²) >= 11 is 1.71. The Balaban J connectivity index is 1.82. The predicted octanol–water partition coefficient (Wildman–Crippen LogP) is 3.01. The van der Waals surface area contributed by atoms with Crippen LogP contribution < -0.4 is 14.4 Å². The van der Waals surface area contributed by atoms with Crippen molar-refractivity contribution in [2.75, 3.05) is 38.0 Å². The number of hydrogen-bond acceptors (Lipinski definition) is 5. The number of nitrogens with zero attached hydrogens (tertiary/aromatic N) is 2. The summed E-state index contributed by atoms with van der Waals surface area (Å²) < 4.78 is 26.4. The Bertz CT molecular complexity index is 887. The van der Waals surface area contributed by atoms with E-state index >= 15 is 0 Å². The maximum absolute atomic E-state index is 13.4. The van der Waals surface area contributed by atoms with Crippen LogP contribution >= 0.6 is 11.8 Å². The Morgan fingerprint density at radius 2 is 1.93 bits per heavy atom. The summed E-state index contributed by atoms with van der Waals surface area (Å²) in [5.41, 5.74) is 0.280. The van der Waals surface area contributed by atoms with Crippen LogP contribution in [-0.2, 0) is 5.72 Å². The van der Waals surface area contributed by atoms with Crippen molar-refractivity contribution in [3.63, 3.8) is 0 Å². The summed E-state index contributed by atoms with van der Waals surface area (Å²) in [6.45, 7) is 1.06. The molecule has 2 aliphatic heterocycles. The van der Waals surface area contributed by atoms with Crippen LogP contribution in [0.3, 0.4) is 0 Å². The number of benzene rings is 2. The fourth-order valence-corrected chi connectivity index (χ4v) is 4.83. The first-order chi connectivity index (χ1) is 13.1. The third-order valence-electron chi connectivity index (χ3n) is 5.03. The van der Waals surface area contributed by atoms with E-state index in [4.69, 9.17) is 9.47 Å². The molecule has 0 amide bonds. The van der Waals surface area contributed by atoms with E-state index in [2.05, 4.69) is 4.90 Å². The van der Waals surface area contributed by atoms with Gasteiger partial charge in [0.25, 0.3) is 5.72 Å². The Morgan fingerprint density at radius 3 is 2.63 bits per heavy atom. The molecule has 2 aliphatic rings. The molecule has 142 valence electrons. The van der Waals surface area contributed by atoms with Crippen LogP contribution in [0.4, 0.5) is 10.1 Å². The van der Waals surface area contributed by atoms with E-state index in [1.807, 2.05) is 22.8 Å². The fraction of sp³-hybridized carbons (Fsp3) is 0.350. The topological polar surface area (TPSA) is 44.9 Å². The maximum Gasteiger partial charge on any atom is 0.316 e. The molecule has 2 aromatic carbocycles. The largest absolute Gasteiger partial charge is 0.497 e. The lowest BCUT2D eigenvalue weighted by molar-refractivity contribution is -0.656. The van der Waals surface area contributed by atoms with Crippen LogP contribution in [0.15, 0.2) is 42.5 Å². The molecule has 7 heteroatoms. The quantitative estimate of drug-likeness (QED) is 0.815. The van der Waals surface area contributed by atoms with E-state index in [0.717, 1.165) is 35.3 Å². The van der Waals surface area contributed by atoms with E-state index in [9.17, 15) is 9.50 Å². The van der Waals surface area contributed by atoms with Crippen molar-refractivity contribution >= 4 is 22.6 Å². The van der Waals surface area contributed by atoms with E-state index in [-0.39, 0.29) is 5.82 Å². The number of halogens is 1. The van der Waals surface area contributed by atoms with Crippen LogP contribution in [0, 0.1) is 5.82 Å². The van der Waals surface area contributed by atoms with Gasteiger partial charge in [-0.1, -0.05) is 0 Å². The minimum atomic E-state index is -1.23. The highest BCUT2D eigenvalue weighted by atomic mass is 32.2. The summed E-state index contributed by atoms with van der Waals surface area (Å²) in [7, 11) is 3.25. The van der Waals surface area contributed by atoms with Gasteiger partial charge in [-0.05, 0) is 54.6 Å². The normalized spacial score (nSPS) is 22.0. The van der Waals surface area contributed by atoms with Crippen molar-refractivity contribution in [2.24, 2.45) is 0 Å². The van der Waals surface area contributed by atoms with Crippen LogP contribution in [0.2, 0.25) is 0 Å². The van der Waals surface area contributed by atoms with Crippen LogP contribution in [0.25, 0.3) is 0 Å². The molecule has 0 spiro atoms. The van der Waals surface area contributed by atoms with Crippen molar-refractivity contribution in [3.8, 4) is 11.5 Å². The van der Waals surface area contributed by atoms with Crippen LogP contribution in [-0.4, -0.2) is 47.9 Å². The second-order valence-corrected chi connectivity index (χ2v) is 7.65. The molecule has 0 aliphatic carbocycles. The smallest absolute Gasteiger partial charge is 0.316 e. The maximum atomic E-state index is 13.4. The number of ether oxygens (including phenoxy) is 2. The highest BCUT2D eigenvalue weighted by molar-refractivity contribution is 8.13. The lowest BCUT2D eigenvalue weighted by atomic mass is 10.0. The van der Waals surface area contributed by atoms with E-state index in [1.54, 1.807) is 38.1 Å². The molecule has 0 aromatic heterocycles. The lowest BCUT2D eigenvalue weighted by Gasteiger charge is -2.24. The van der Waals surface area contributed by atoms with E-state index < -0.39 is 5.72 Å². The van der Waals surface area contributed by atoms with Gasteiger partial charge >= 0.3 is 5.17 Å². The first-order valence-electron chi connectivity index (χ1n) is 8.82. The molecule has 1 atom stereocenters. The number of aliphatic hydroxyl groups is 1. The van der Waals surface area contributed by atoms with Gasteiger partial charge < -0.3 is 14.6 Å². The summed E-state index contributed by atoms with van der Waals surface area (Å²) in [4.78, 5) is 2.06. The van der Waals surface area contributed by atoms with E-state index in [0.29, 0.717) is 17.9 Å². The molecular weight excluding hydrogens is 367 g/mol. The van der Waals surface area contributed by atoms with Gasteiger partial charge in [0.15, 0.2) is 18.0 Å². The standard InChI is InChI=1S/C20H22FN2O3S/c1-25-16-8-9-18(26-2)17(12-16)22-13-20(24,14-4-6-15(21)7-5-14)23-10-3-11-27-19(22)23/h4-9,12,24H,3,10-11,13H2,1-2H3/q+1/t20-/m0/s1. The van der Waals surface area contributed by atoms with Gasteiger partial charge in [0.1, 0.15) is 11.6 Å². The van der Waals surface area contributed by atoms with Gasteiger partial charge in [0, 0.05) is 17.4 Å². The highest BCUT2D eigenvalue weighted by Gasteiger charge is 2.53. The molecule has 27 heavy (non-hydrogen) atoms. The predicted molar refractivity (Wildman–Crippen MR) is 104 cm³/mol. The number of rotatable bonds is 4. The summed E-state index contributed by atoms with van der Waals surface area (Å²) in [6, 6.07) is 11.7. The molecule has 0 saturated heterocycles. The molecule has 0 radical (unpaired) electrons. The van der Waals surface area contributed by atoms with Gasteiger partial charge in [0.2, 0.25) is 0 Å². The molecule has 2 aromatic rings. The Morgan fingerprint density at radius 1 is 1.15 bits per heavy atom. The van der Waals surface area contributed by atoms with Crippen molar-refractivity contribution < 1.29 is 23.5 Å². The highest BCUT2D eigenvalue weighted by Crippen LogP contribution is 2.41. The second-order valence-electron chi connectivity index (χ2n) is 6.58. The third-order valence-corrected chi connectivity index (χ3v) is 6.22. The van der Waals surface area contributed by atoms with Crippen molar-refractivity contribution in [1.82, 2.24) is 0 Å². The molecule has 4 rings (SSSR count). The number of thioether (sulfide) groups is 1. The van der Waals surface area contributed by atoms with Gasteiger partial charge in [0.05, 0.1) is 20.8 Å². The average Bonchev–Trinajstić information content (AvgIpc) is 3.02. The Labute approximate surface area is 162 Å². The molecular formula is C20H22FN2O3S+. The summed E-state index contributed by atoms with van der Waals surface area (Å²) in [5, 5.41) is 12.6. The summed E-state index contributed by atoms with van der Waals surface area (Å²) in [6.07, 6.45) is 0.973. The zero-order valence-electron chi connectivity index (χ0n) is 15.3. The van der Waals surface area contributed by atoms with Gasteiger partial charge in [-0.3, -0.25) is 0 Å². The first kappa shape index (κ1) is 18.1. The Kier molecular flexibility index (Phi) is 4.74. The molecule has 0 fully saturated rings. The minimum absolute atomic E-state index is 0.316. The number of methoxy groups -OCH3 is 2. The fourth-order valence-electron chi connectivity index (χ4n) is 3.66. The average molecular weight is 389 g/mol. The molecule has 2 heterocycles. The SMILES string of the molecule is COc1ccc(OC)c(N2C[C@](O)(c3ccc(F)cc3)[N+]3=C2SCCC3)c1. The Hall–Kier alpha value is -2.25. The van der Waals surface area contributed by atoms with Crippen molar-refractivity contribution in [1.29, 1.82) is 0 Å². The third kappa shape index (κ3) is 3.04. The van der Waals surface area contributed by atoms with Crippen LogP contribution in [0.1, 0.15) is 12.0 Å². The van der Waals surface area contributed by atoms with Gasteiger partial charge in [-0.25, -0.2) is 13.9 Å². The first-order valence-corrected chi connectivity index (χ1v) is 9.81. The molecule has 0 bridgehead atoms. The molecule has 0 saturated carbocycles. The van der Waals surface area contributed by atoms with Gasteiger partial charge in [-0.15, -0.1) is 0 Å².